The Hall–Kier alpha value is -2.62. The monoisotopic (exact) mass is 536 g/mol. The van der Waals surface area contributed by atoms with Gasteiger partial charge in [-0.25, -0.2) is 4.31 Å². The van der Waals surface area contributed by atoms with Crippen LogP contribution in [0, 0.1) is 13.8 Å². The lowest BCUT2D eigenvalue weighted by Crippen LogP contribution is -2.55. The predicted octanol–water partition coefficient (Wildman–Crippen LogP) is 3.90. The first kappa shape index (κ1) is 29.6. The number of carbonyl (C=O) groups is 2. The summed E-state index contributed by atoms with van der Waals surface area (Å²) in [5, 5.41) is 3.45. The third-order valence-electron chi connectivity index (χ3n) is 5.58. The van der Waals surface area contributed by atoms with Gasteiger partial charge in [-0.2, -0.15) is 12.7 Å². The van der Waals surface area contributed by atoms with Crippen LogP contribution in [0.1, 0.15) is 44.4 Å². The van der Waals surface area contributed by atoms with E-state index in [9.17, 15) is 18.0 Å². The summed E-state index contributed by atoms with van der Waals surface area (Å²) in [6, 6.07) is 11.5. The van der Waals surface area contributed by atoms with Gasteiger partial charge in [0.2, 0.25) is 11.8 Å². The number of amides is 2. The van der Waals surface area contributed by atoms with E-state index >= 15 is 0 Å². The van der Waals surface area contributed by atoms with Gasteiger partial charge < -0.3 is 10.2 Å². The Labute approximate surface area is 220 Å². The van der Waals surface area contributed by atoms with Crippen molar-refractivity contribution >= 4 is 39.3 Å². The van der Waals surface area contributed by atoms with Crippen molar-refractivity contribution < 1.29 is 18.0 Å². The molecule has 8 nitrogen and oxygen atoms in total. The number of anilines is 1. The van der Waals surface area contributed by atoms with Crippen molar-refractivity contribution in [2.45, 2.75) is 59.7 Å². The summed E-state index contributed by atoms with van der Waals surface area (Å²) in [4.78, 5) is 28.2. The van der Waals surface area contributed by atoms with Crippen LogP contribution in [0.4, 0.5) is 5.69 Å². The van der Waals surface area contributed by atoms with Crippen molar-refractivity contribution in [3.05, 3.63) is 64.2 Å². The quantitative estimate of drug-likeness (QED) is 0.526. The van der Waals surface area contributed by atoms with Crippen molar-refractivity contribution in [1.82, 2.24) is 14.5 Å². The first-order valence-electron chi connectivity index (χ1n) is 11.7. The van der Waals surface area contributed by atoms with Crippen LogP contribution in [0.2, 0.25) is 5.02 Å². The highest BCUT2D eigenvalue weighted by atomic mass is 35.5. The molecule has 10 heteroatoms. The maximum atomic E-state index is 13.8. The van der Waals surface area contributed by atoms with Crippen molar-refractivity contribution in [1.29, 1.82) is 0 Å². The van der Waals surface area contributed by atoms with Gasteiger partial charge in [0, 0.05) is 31.2 Å². The van der Waals surface area contributed by atoms with E-state index in [1.54, 1.807) is 44.2 Å². The van der Waals surface area contributed by atoms with Crippen molar-refractivity contribution in [2.24, 2.45) is 0 Å². The first-order chi connectivity index (χ1) is 16.5. The molecule has 2 aromatic rings. The fourth-order valence-corrected chi connectivity index (χ4v) is 4.77. The molecule has 198 valence electrons. The molecule has 0 aliphatic heterocycles. The molecule has 0 aliphatic rings. The molecule has 0 radical (unpaired) electrons. The highest BCUT2D eigenvalue weighted by molar-refractivity contribution is 7.90. The van der Waals surface area contributed by atoms with Crippen LogP contribution in [0.15, 0.2) is 42.5 Å². The lowest BCUT2D eigenvalue weighted by molar-refractivity contribution is -0.140. The number of hydrogen-bond acceptors (Lipinski definition) is 4. The molecule has 1 N–H and O–H groups in total. The molecule has 0 aromatic heterocycles. The lowest BCUT2D eigenvalue weighted by atomic mass is 10.1. The third-order valence-corrected chi connectivity index (χ3v) is 7.64. The summed E-state index contributed by atoms with van der Waals surface area (Å²) in [6.07, 6.45) is 0. The average Bonchev–Trinajstić information content (AvgIpc) is 2.76. The Morgan fingerprint density at radius 3 is 2.14 bits per heavy atom. The summed E-state index contributed by atoms with van der Waals surface area (Å²) in [5.41, 5.74) is 2.24. The number of hydrogen-bond donors (Lipinski definition) is 1. The summed E-state index contributed by atoms with van der Waals surface area (Å²) < 4.78 is 28.8. The average molecular weight is 537 g/mol. The molecule has 0 bridgehead atoms. The molecule has 1 unspecified atom stereocenters. The second-order valence-electron chi connectivity index (χ2n) is 10.2. The molecule has 0 fully saturated rings. The molecule has 2 aromatic carbocycles. The Morgan fingerprint density at radius 1 is 1.03 bits per heavy atom. The molecule has 0 aliphatic carbocycles. The number of carbonyl (C=O) groups excluding carboxylic acids is 2. The Bertz CT molecular complexity index is 1190. The van der Waals surface area contributed by atoms with E-state index < -0.39 is 34.2 Å². The summed E-state index contributed by atoms with van der Waals surface area (Å²) in [6.45, 7) is 10.5. The Balaban J connectivity index is 2.51. The van der Waals surface area contributed by atoms with Gasteiger partial charge in [0.15, 0.2) is 0 Å². The highest BCUT2D eigenvalue weighted by Crippen LogP contribution is 2.26. The second-order valence-corrected chi connectivity index (χ2v) is 12.7. The summed E-state index contributed by atoms with van der Waals surface area (Å²) in [7, 11) is -1.17. The molecule has 1 atom stereocenters. The molecule has 0 saturated heterocycles. The normalized spacial score (nSPS) is 12.8. The Kier molecular flexibility index (Phi) is 9.56. The molecule has 2 rings (SSSR count). The fourth-order valence-electron chi connectivity index (χ4n) is 3.53. The molecule has 36 heavy (non-hydrogen) atoms. The maximum Gasteiger partial charge on any atom is 0.304 e. The minimum atomic E-state index is -4.01. The fraction of sp³-hybridized carbons (Fsp3) is 0.462. The van der Waals surface area contributed by atoms with Crippen LogP contribution in [-0.4, -0.2) is 61.7 Å². The third kappa shape index (κ3) is 7.69. The number of nitrogens with zero attached hydrogens (tertiary/aromatic N) is 3. The molecular weight excluding hydrogens is 500 g/mol. The molecule has 0 spiro atoms. The van der Waals surface area contributed by atoms with Crippen molar-refractivity contribution in [3.8, 4) is 0 Å². The molecule has 2 amide bonds. The van der Waals surface area contributed by atoms with Gasteiger partial charge in [-0.05, 0) is 76.4 Å². The van der Waals surface area contributed by atoms with Crippen molar-refractivity contribution in [3.63, 3.8) is 0 Å². The van der Waals surface area contributed by atoms with Crippen LogP contribution in [-0.2, 0) is 26.3 Å². The maximum absolute atomic E-state index is 13.8. The standard InChI is InChI=1S/C26H37ClN4O4S/c1-18-9-10-19(2)23(15-18)31(36(34,35)29(7)8)17-24(32)30(16-21-11-13-22(27)14-12-21)20(3)25(33)28-26(4,5)6/h9-15,20H,16-17H2,1-8H3,(H,28,33). The SMILES string of the molecule is Cc1ccc(C)c(N(CC(=O)N(Cc2ccc(Cl)cc2)C(C)C(=O)NC(C)(C)C)S(=O)(=O)N(C)C)c1. The first-order valence-corrected chi connectivity index (χ1v) is 13.4. The molecule has 0 heterocycles. The number of rotatable bonds is 9. The second kappa shape index (κ2) is 11.6. The van der Waals surface area contributed by atoms with Crippen molar-refractivity contribution in [2.75, 3.05) is 24.9 Å². The molecule has 0 saturated carbocycles. The zero-order valence-corrected chi connectivity index (χ0v) is 23.9. The van der Waals surface area contributed by atoms with E-state index in [4.69, 9.17) is 11.6 Å². The van der Waals surface area contributed by atoms with E-state index in [2.05, 4.69) is 5.32 Å². The van der Waals surface area contributed by atoms with Crippen LogP contribution in [0.3, 0.4) is 0 Å². The predicted molar refractivity (Wildman–Crippen MR) is 145 cm³/mol. The number of halogens is 1. The molecular formula is C26H37ClN4O4S. The highest BCUT2D eigenvalue weighted by Gasteiger charge is 2.34. The van der Waals surface area contributed by atoms with Crippen LogP contribution >= 0.6 is 11.6 Å². The number of aryl methyl sites for hydroxylation is 2. The Morgan fingerprint density at radius 2 is 1.61 bits per heavy atom. The summed E-state index contributed by atoms with van der Waals surface area (Å²) >= 11 is 6.02. The van der Waals surface area contributed by atoms with Gasteiger partial charge in [-0.15, -0.1) is 0 Å². The lowest BCUT2D eigenvalue weighted by Gasteiger charge is -2.34. The van der Waals surface area contributed by atoms with Gasteiger partial charge in [0.25, 0.3) is 0 Å². The minimum absolute atomic E-state index is 0.109. The van der Waals surface area contributed by atoms with Gasteiger partial charge in [0.05, 0.1) is 5.69 Å². The largest absolute Gasteiger partial charge is 0.350 e. The van der Waals surface area contributed by atoms with Gasteiger partial charge >= 0.3 is 10.2 Å². The smallest absolute Gasteiger partial charge is 0.304 e. The number of nitrogens with one attached hydrogen (secondary N) is 1. The van der Waals surface area contributed by atoms with Gasteiger partial charge in [0.1, 0.15) is 12.6 Å². The van der Waals surface area contributed by atoms with E-state index in [-0.39, 0.29) is 12.5 Å². The van der Waals surface area contributed by atoms with Gasteiger partial charge in [-0.3, -0.25) is 9.59 Å². The van der Waals surface area contributed by atoms with Gasteiger partial charge in [-0.1, -0.05) is 35.9 Å². The minimum Gasteiger partial charge on any atom is -0.350 e. The van der Waals surface area contributed by atoms with Crippen LogP contribution in [0.25, 0.3) is 0 Å². The van der Waals surface area contributed by atoms with E-state index in [0.717, 1.165) is 19.7 Å². The van der Waals surface area contributed by atoms with E-state index in [1.165, 1.54) is 19.0 Å². The van der Waals surface area contributed by atoms with Crippen LogP contribution in [0.5, 0.6) is 0 Å². The van der Waals surface area contributed by atoms with Crippen LogP contribution < -0.4 is 9.62 Å². The zero-order valence-electron chi connectivity index (χ0n) is 22.3. The topological polar surface area (TPSA) is 90.0 Å². The van der Waals surface area contributed by atoms with E-state index in [0.29, 0.717) is 16.3 Å². The summed E-state index contributed by atoms with van der Waals surface area (Å²) in [5.74, 6) is -0.841. The van der Waals surface area contributed by atoms with E-state index in [1.807, 2.05) is 39.8 Å². The zero-order chi connectivity index (χ0) is 27.4. The number of benzene rings is 2.